The zero-order valence-corrected chi connectivity index (χ0v) is 16.4. The van der Waals surface area contributed by atoms with Gasteiger partial charge in [0.05, 0.1) is 36.1 Å². The number of carbonyl (C=O) groups is 2. The molecule has 1 aliphatic heterocycles. The Morgan fingerprint density at radius 1 is 1.29 bits per heavy atom. The summed E-state index contributed by atoms with van der Waals surface area (Å²) in [4.78, 5) is 30.1. The van der Waals surface area contributed by atoms with Crippen molar-refractivity contribution in [3.63, 3.8) is 0 Å². The molecule has 1 amide bonds. The Kier molecular flexibility index (Phi) is 6.36. The van der Waals surface area contributed by atoms with Gasteiger partial charge >= 0.3 is 5.97 Å². The van der Waals surface area contributed by atoms with Crippen LogP contribution in [0.15, 0.2) is 36.7 Å². The van der Waals surface area contributed by atoms with Gasteiger partial charge in [0.25, 0.3) is 0 Å². The fraction of sp³-hybridized carbons (Fsp3) is 0.350. The van der Waals surface area contributed by atoms with Gasteiger partial charge in [-0.05, 0) is 42.7 Å². The third kappa shape index (κ3) is 4.92. The summed E-state index contributed by atoms with van der Waals surface area (Å²) in [5.41, 5.74) is 2.95. The number of benzene rings is 1. The van der Waals surface area contributed by atoms with Crippen LogP contribution in [0.2, 0.25) is 5.02 Å². The van der Waals surface area contributed by atoms with E-state index < -0.39 is 5.97 Å². The molecule has 3 rings (SSSR count). The third-order valence-corrected chi connectivity index (χ3v) is 5.19. The van der Waals surface area contributed by atoms with Crippen molar-refractivity contribution in [2.24, 2.45) is 5.92 Å². The number of aliphatic carboxylic acids is 1. The largest absolute Gasteiger partial charge is 0.481 e. The van der Waals surface area contributed by atoms with Crippen LogP contribution >= 0.6 is 11.6 Å². The second-order valence-corrected chi connectivity index (χ2v) is 7.24. The monoisotopic (exact) mass is 402 g/mol. The number of carboxylic acid groups (broad SMARTS) is 1. The quantitative estimate of drug-likeness (QED) is 0.686. The maximum Gasteiger partial charge on any atom is 0.307 e. The van der Waals surface area contributed by atoms with Gasteiger partial charge in [0.15, 0.2) is 0 Å². The molecule has 1 saturated heterocycles. The fourth-order valence-electron chi connectivity index (χ4n) is 3.36. The van der Waals surface area contributed by atoms with E-state index >= 15 is 0 Å². The van der Waals surface area contributed by atoms with E-state index in [9.17, 15) is 9.59 Å². The van der Waals surface area contributed by atoms with Gasteiger partial charge in [0.2, 0.25) is 5.91 Å². The first-order valence-corrected chi connectivity index (χ1v) is 9.53. The van der Waals surface area contributed by atoms with Crippen LogP contribution in [-0.4, -0.2) is 42.1 Å². The number of hydrogen-bond acceptors (Lipinski definition) is 5. The van der Waals surface area contributed by atoms with Crippen molar-refractivity contribution in [1.82, 2.24) is 4.98 Å². The predicted octanol–water partition coefficient (Wildman–Crippen LogP) is 3.26. The van der Waals surface area contributed by atoms with Gasteiger partial charge in [0.1, 0.15) is 0 Å². The molecule has 148 valence electrons. The molecule has 3 N–H and O–H groups in total. The Hall–Kier alpha value is -2.80. The Morgan fingerprint density at radius 3 is 2.86 bits per heavy atom. The number of nitrogens with one attached hydrogen (secondary N) is 2. The highest BCUT2D eigenvalue weighted by Gasteiger charge is 2.26. The van der Waals surface area contributed by atoms with Gasteiger partial charge in [-0.15, -0.1) is 0 Å². The van der Waals surface area contributed by atoms with Crippen LogP contribution in [0, 0.1) is 5.92 Å². The molecule has 7 nitrogen and oxygen atoms in total. The smallest absolute Gasteiger partial charge is 0.307 e. The van der Waals surface area contributed by atoms with Crippen LogP contribution in [0.4, 0.5) is 17.1 Å². The van der Waals surface area contributed by atoms with E-state index in [2.05, 4.69) is 20.5 Å². The summed E-state index contributed by atoms with van der Waals surface area (Å²) in [5, 5.41) is 15.3. The van der Waals surface area contributed by atoms with E-state index in [0.717, 1.165) is 30.8 Å². The first-order chi connectivity index (χ1) is 13.5. The summed E-state index contributed by atoms with van der Waals surface area (Å²) < 4.78 is 0. The molecular formula is C20H23ClN4O3. The summed E-state index contributed by atoms with van der Waals surface area (Å²) in [7, 11) is 1.85. The van der Waals surface area contributed by atoms with E-state index in [0.29, 0.717) is 22.8 Å². The van der Waals surface area contributed by atoms with Gasteiger partial charge in [-0.3, -0.25) is 14.6 Å². The number of carboxylic acids is 1. The summed E-state index contributed by atoms with van der Waals surface area (Å²) in [6.07, 6.45) is 5.09. The summed E-state index contributed by atoms with van der Waals surface area (Å²) in [6.45, 7) is 1.48. The van der Waals surface area contributed by atoms with Gasteiger partial charge < -0.3 is 20.6 Å². The Bertz CT molecular complexity index is 874. The lowest BCUT2D eigenvalue weighted by Crippen LogP contribution is -2.40. The van der Waals surface area contributed by atoms with Crippen LogP contribution in [0.5, 0.6) is 0 Å². The average Bonchev–Trinajstić information content (AvgIpc) is 2.70. The Balaban J connectivity index is 1.68. The molecule has 2 aromatic rings. The number of halogens is 1. The fourth-order valence-corrected chi connectivity index (χ4v) is 3.54. The number of hydrogen-bond donors (Lipinski definition) is 3. The molecule has 0 aliphatic carbocycles. The summed E-state index contributed by atoms with van der Waals surface area (Å²) >= 11 is 6.04. The highest BCUT2D eigenvalue weighted by molar-refractivity contribution is 6.31. The molecule has 0 saturated carbocycles. The minimum Gasteiger partial charge on any atom is -0.481 e. The minimum absolute atomic E-state index is 0.0778. The normalized spacial score (nSPS) is 16.5. The highest BCUT2D eigenvalue weighted by atomic mass is 35.5. The van der Waals surface area contributed by atoms with Crippen molar-refractivity contribution in [2.75, 3.05) is 35.7 Å². The molecule has 1 aliphatic rings. The number of pyridine rings is 1. The van der Waals surface area contributed by atoms with Crippen LogP contribution in [0.25, 0.3) is 0 Å². The molecular weight excluding hydrogens is 380 g/mol. The standard InChI is InChI=1S/C20H23ClN4O3/c1-22-16-9-17(11-23-10-16)25-6-2-3-13(12-25)20(28)24-15-4-5-18(21)14(7-15)8-19(26)27/h4-5,7,9-11,13,22H,2-3,6,8,12H2,1H3,(H,24,28)(H,26,27)/t13-/m0/s1. The van der Waals surface area contributed by atoms with E-state index in [4.69, 9.17) is 16.7 Å². The Morgan fingerprint density at radius 2 is 2.11 bits per heavy atom. The topological polar surface area (TPSA) is 94.6 Å². The van der Waals surface area contributed by atoms with Crippen LogP contribution in [0.1, 0.15) is 18.4 Å². The molecule has 0 radical (unpaired) electrons. The summed E-state index contributed by atoms with van der Waals surface area (Å²) in [5.74, 6) is -1.21. The van der Waals surface area contributed by atoms with Gasteiger partial charge in [-0.25, -0.2) is 0 Å². The molecule has 0 bridgehead atoms. The number of carbonyl (C=O) groups excluding carboxylic acids is 1. The molecule has 8 heteroatoms. The van der Waals surface area contributed by atoms with Crippen molar-refractivity contribution >= 4 is 40.5 Å². The minimum atomic E-state index is -0.967. The zero-order chi connectivity index (χ0) is 20.1. The maximum absolute atomic E-state index is 12.8. The second kappa shape index (κ2) is 8.93. The van der Waals surface area contributed by atoms with E-state index in [1.54, 1.807) is 30.6 Å². The molecule has 0 unspecified atom stereocenters. The van der Waals surface area contributed by atoms with Crippen LogP contribution < -0.4 is 15.5 Å². The lowest BCUT2D eigenvalue weighted by molar-refractivity contribution is -0.136. The average molecular weight is 403 g/mol. The van der Waals surface area contributed by atoms with Crippen molar-refractivity contribution in [3.05, 3.63) is 47.2 Å². The third-order valence-electron chi connectivity index (χ3n) is 4.82. The molecule has 2 heterocycles. The first-order valence-electron chi connectivity index (χ1n) is 9.15. The predicted molar refractivity (Wildman–Crippen MR) is 110 cm³/mol. The lowest BCUT2D eigenvalue weighted by atomic mass is 9.96. The number of anilines is 3. The highest BCUT2D eigenvalue weighted by Crippen LogP contribution is 2.26. The first kappa shape index (κ1) is 19.9. The van der Waals surface area contributed by atoms with Gasteiger partial charge in [-0.2, -0.15) is 0 Å². The summed E-state index contributed by atoms with van der Waals surface area (Å²) in [6, 6.07) is 6.93. The molecule has 0 spiro atoms. The molecule has 28 heavy (non-hydrogen) atoms. The van der Waals surface area contributed by atoms with Crippen molar-refractivity contribution in [3.8, 4) is 0 Å². The second-order valence-electron chi connectivity index (χ2n) is 6.83. The van der Waals surface area contributed by atoms with Crippen LogP contribution in [-0.2, 0) is 16.0 Å². The van der Waals surface area contributed by atoms with E-state index in [1.807, 2.05) is 13.1 Å². The zero-order valence-electron chi connectivity index (χ0n) is 15.6. The van der Waals surface area contributed by atoms with Crippen molar-refractivity contribution in [2.45, 2.75) is 19.3 Å². The van der Waals surface area contributed by atoms with E-state index in [1.165, 1.54) is 0 Å². The van der Waals surface area contributed by atoms with Crippen molar-refractivity contribution < 1.29 is 14.7 Å². The lowest BCUT2D eigenvalue weighted by Gasteiger charge is -2.33. The van der Waals surface area contributed by atoms with Crippen molar-refractivity contribution in [1.29, 1.82) is 0 Å². The molecule has 1 aromatic heterocycles. The molecule has 1 atom stereocenters. The van der Waals surface area contributed by atoms with Gasteiger partial charge in [-0.1, -0.05) is 11.6 Å². The number of piperidine rings is 1. The van der Waals surface area contributed by atoms with Gasteiger partial charge in [0, 0.05) is 30.8 Å². The maximum atomic E-state index is 12.8. The van der Waals surface area contributed by atoms with E-state index in [-0.39, 0.29) is 18.2 Å². The number of amides is 1. The number of nitrogens with zero attached hydrogens (tertiary/aromatic N) is 2. The molecule has 1 aromatic carbocycles. The Labute approximate surface area is 168 Å². The van der Waals surface area contributed by atoms with Crippen LogP contribution in [0.3, 0.4) is 0 Å². The number of rotatable bonds is 6. The SMILES string of the molecule is CNc1cncc(N2CCC[C@H](C(=O)Nc3ccc(Cl)c(CC(=O)O)c3)C2)c1. The molecule has 1 fully saturated rings. The number of aromatic nitrogens is 1.